The SMILES string of the molecule is CCC[NH+](CC(=O)Nc1ccccc1C(F)(F)F)Cc1nnc(-c2ccco2)o1. The minimum atomic E-state index is -4.55. The third-order valence-electron chi connectivity index (χ3n) is 4.12. The number of para-hydroxylation sites is 1. The second kappa shape index (κ2) is 8.91. The molecule has 1 unspecified atom stereocenters. The summed E-state index contributed by atoms with van der Waals surface area (Å²) in [6, 6.07) is 8.25. The van der Waals surface area contributed by atoms with Crippen LogP contribution in [0.15, 0.2) is 51.5 Å². The van der Waals surface area contributed by atoms with Gasteiger partial charge in [-0.3, -0.25) is 4.79 Å². The lowest BCUT2D eigenvalue weighted by Gasteiger charge is -2.18. The van der Waals surface area contributed by atoms with Crippen molar-refractivity contribution in [2.24, 2.45) is 0 Å². The van der Waals surface area contributed by atoms with Crippen LogP contribution >= 0.6 is 0 Å². The molecule has 0 aliphatic rings. The van der Waals surface area contributed by atoms with Crippen LogP contribution in [-0.2, 0) is 17.5 Å². The molecule has 0 bridgehead atoms. The first kappa shape index (κ1) is 20.6. The van der Waals surface area contributed by atoms with Gasteiger partial charge in [-0.05, 0) is 30.7 Å². The predicted molar refractivity (Wildman–Crippen MR) is 96.8 cm³/mol. The molecule has 1 amide bonds. The molecule has 10 heteroatoms. The van der Waals surface area contributed by atoms with E-state index in [1.165, 1.54) is 24.5 Å². The standard InChI is InChI=1S/C19H19F3N4O3/c1-2-9-26(12-17-24-25-18(29-17)15-8-5-10-28-15)11-16(27)23-14-7-4-3-6-13(14)19(20,21)22/h3-8,10H,2,9,11-12H2,1H3,(H,23,27)/p+1. The number of anilines is 1. The number of furan rings is 1. The van der Waals surface area contributed by atoms with Crippen LogP contribution in [0.5, 0.6) is 0 Å². The summed E-state index contributed by atoms with van der Waals surface area (Å²) in [6.45, 7) is 2.76. The second-order valence-corrected chi connectivity index (χ2v) is 6.42. The van der Waals surface area contributed by atoms with Crippen molar-refractivity contribution in [2.45, 2.75) is 26.1 Å². The zero-order chi connectivity index (χ0) is 20.9. The molecule has 2 N–H and O–H groups in total. The Hall–Kier alpha value is -3.14. The molecule has 0 fully saturated rings. The van der Waals surface area contributed by atoms with Crippen molar-refractivity contribution in [3.8, 4) is 11.7 Å². The Balaban J connectivity index is 1.66. The third kappa shape index (κ3) is 5.44. The second-order valence-electron chi connectivity index (χ2n) is 6.42. The summed E-state index contributed by atoms with van der Waals surface area (Å²) in [7, 11) is 0. The van der Waals surface area contributed by atoms with Gasteiger partial charge < -0.3 is 19.1 Å². The molecule has 0 aliphatic heterocycles. The fourth-order valence-corrected chi connectivity index (χ4v) is 2.89. The van der Waals surface area contributed by atoms with Crippen LogP contribution in [0.4, 0.5) is 18.9 Å². The summed E-state index contributed by atoms with van der Waals surface area (Å²) in [5.74, 6) is 0.436. The highest BCUT2D eigenvalue weighted by molar-refractivity contribution is 5.92. The lowest BCUT2D eigenvalue weighted by molar-refractivity contribution is -0.907. The van der Waals surface area contributed by atoms with Crippen molar-refractivity contribution in [3.63, 3.8) is 0 Å². The van der Waals surface area contributed by atoms with Crippen LogP contribution in [0.3, 0.4) is 0 Å². The smallest absolute Gasteiger partial charge is 0.418 e. The van der Waals surface area contributed by atoms with E-state index in [0.29, 0.717) is 18.2 Å². The van der Waals surface area contributed by atoms with E-state index in [1.54, 1.807) is 12.1 Å². The van der Waals surface area contributed by atoms with E-state index < -0.39 is 17.6 Å². The molecule has 154 valence electrons. The lowest BCUT2D eigenvalue weighted by atomic mass is 10.1. The van der Waals surface area contributed by atoms with Gasteiger partial charge in [-0.25, -0.2) is 0 Å². The fourth-order valence-electron chi connectivity index (χ4n) is 2.89. The highest BCUT2D eigenvalue weighted by atomic mass is 19.4. The van der Waals surface area contributed by atoms with Gasteiger partial charge >= 0.3 is 6.18 Å². The fraction of sp³-hybridized carbons (Fsp3) is 0.316. The Kier molecular flexibility index (Phi) is 6.32. The molecule has 7 nitrogen and oxygen atoms in total. The summed E-state index contributed by atoms with van der Waals surface area (Å²) >= 11 is 0. The van der Waals surface area contributed by atoms with Crippen LogP contribution in [0.2, 0.25) is 0 Å². The molecule has 0 saturated heterocycles. The molecule has 3 rings (SSSR count). The van der Waals surface area contributed by atoms with Gasteiger partial charge in [-0.2, -0.15) is 13.2 Å². The largest absolute Gasteiger partial charge is 0.459 e. The molecule has 0 aliphatic carbocycles. The van der Waals surface area contributed by atoms with E-state index in [1.807, 2.05) is 6.92 Å². The van der Waals surface area contributed by atoms with Gasteiger partial charge in [0, 0.05) is 0 Å². The van der Waals surface area contributed by atoms with Crippen LogP contribution in [-0.4, -0.2) is 29.2 Å². The number of nitrogens with one attached hydrogen (secondary N) is 2. The first-order valence-electron chi connectivity index (χ1n) is 9.02. The number of benzene rings is 1. The van der Waals surface area contributed by atoms with Crippen molar-refractivity contribution in [1.82, 2.24) is 10.2 Å². The number of aromatic nitrogens is 2. The van der Waals surface area contributed by atoms with Crippen molar-refractivity contribution < 1.29 is 31.7 Å². The first-order valence-corrected chi connectivity index (χ1v) is 9.02. The van der Waals surface area contributed by atoms with Gasteiger partial charge in [0.05, 0.1) is 24.1 Å². The van der Waals surface area contributed by atoms with Gasteiger partial charge in [0.15, 0.2) is 18.8 Å². The molecule has 0 spiro atoms. The number of amides is 1. The number of rotatable bonds is 8. The lowest BCUT2D eigenvalue weighted by Crippen LogP contribution is -3.11. The Morgan fingerprint density at radius 1 is 1.17 bits per heavy atom. The molecule has 29 heavy (non-hydrogen) atoms. The third-order valence-corrected chi connectivity index (χ3v) is 4.12. The van der Waals surface area contributed by atoms with Crippen molar-refractivity contribution in [3.05, 3.63) is 54.1 Å². The van der Waals surface area contributed by atoms with Gasteiger partial charge in [0.1, 0.15) is 0 Å². The molecule has 2 aromatic heterocycles. The van der Waals surface area contributed by atoms with Gasteiger partial charge in [0.25, 0.3) is 17.7 Å². The topological polar surface area (TPSA) is 85.6 Å². The average Bonchev–Trinajstić information content (AvgIpc) is 3.33. The molecule has 0 radical (unpaired) electrons. The number of carbonyl (C=O) groups is 1. The van der Waals surface area contributed by atoms with Gasteiger partial charge in [-0.15, -0.1) is 10.2 Å². The number of halogens is 3. The Bertz CT molecular complexity index is 938. The maximum atomic E-state index is 13.1. The van der Waals surface area contributed by atoms with E-state index in [4.69, 9.17) is 8.83 Å². The summed E-state index contributed by atoms with van der Waals surface area (Å²) < 4.78 is 50.0. The number of alkyl halides is 3. The Morgan fingerprint density at radius 2 is 1.97 bits per heavy atom. The first-order chi connectivity index (χ1) is 13.9. The van der Waals surface area contributed by atoms with E-state index in [0.717, 1.165) is 17.4 Å². The highest BCUT2D eigenvalue weighted by Crippen LogP contribution is 2.34. The summed E-state index contributed by atoms with van der Waals surface area (Å²) in [4.78, 5) is 13.2. The van der Waals surface area contributed by atoms with Crippen LogP contribution in [0, 0.1) is 0 Å². The summed E-state index contributed by atoms with van der Waals surface area (Å²) in [5.41, 5.74) is -1.15. The molecular weight excluding hydrogens is 389 g/mol. The minimum Gasteiger partial charge on any atom is -0.459 e. The highest BCUT2D eigenvalue weighted by Gasteiger charge is 2.33. The molecule has 0 saturated carbocycles. The molecule has 2 heterocycles. The Morgan fingerprint density at radius 3 is 2.66 bits per heavy atom. The number of nitrogens with zero attached hydrogens (tertiary/aromatic N) is 2. The van der Waals surface area contributed by atoms with Crippen molar-refractivity contribution in [1.29, 1.82) is 0 Å². The number of hydrogen-bond acceptors (Lipinski definition) is 5. The molecular formula is C19H20F3N4O3+. The maximum absolute atomic E-state index is 13.1. The number of carbonyl (C=O) groups excluding carboxylic acids is 1. The van der Waals surface area contributed by atoms with E-state index >= 15 is 0 Å². The van der Waals surface area contributed by atoms with Gasteiger partial charge in [-0.1, -0.05) is 19.1 Å². The van der Waals surface area contributed by atoms with Crippen LogP contribution in [0.1, 0.15) is 24.8 Å². The van der Waals surface area contributed by atoms with E-state index in [-0.39, 0.29) is 24.7 Å². The van der Waals surface area contributed by atoms with E-state index in [2.05, 4.69) is 15.5 Å². The monoisotopic (exact) mass is 409 g/mol. The maximum Gasteiger partial charge on any atom is 0.418 e. The van der Waals surface area contributed by atoms with Crippen LogP contribution in [0.25, 0.3) is 11.7 Å². The van der Waals surface area contributed by atoms with Crippen LogP contribution < -0.4 is 10.2 Å². The van der Waals surface area contributed by atoms with Crippen molar-refractivity contribution in [2.75, 3.05) is 18.4 Å². The average molecular weight is 409 g/mol. The summed E-state index contributed by atoms with van der Waals surface area (Å²) in [6.07, 6.45) is -2.30. The zero-order valence-corrected chi connectivity index (χ0v) is 15.6. The minimum absolute atomic E-state index is 0.0432. The summed E-state index contributed by atoms with van der Waals surface area (Å²) in [5, 5.41) is 10.2. The Labute approximate surface area is 164 Å². The molecule has 1 aromatic carbocycles. The quantitative estimate of drug-likeness (QED) is 0.598. The molecule has 3 aromatic rings. The normalized spacial score (nSPS) is 12.7. The zero-order valence-electron chi connectivity index (χ0n) is 15.6. The number of quaternary nitrogens is 1. The van der Waals surface area contributed by atoms with E-state index in [9.17, 15) is 18.0 Å². The number of hydrogen-bond donors (Lipinski definition) is 2. The molecule has 1 atom stereocenters. The van der Waals surface area contributed by atoms with Crippen molar-refractivity contribution >= 4 is 11.6 Å². The predicted octanol–water partition coefficient (Wildman–Crippen LogP) is 2.78. The van der Waals surface area contributed by atoms with Gasteiger partial charge in [0.2, 0.25) is 0 Å².